The molecule has 3 heteroatoms. The first-order valence-corrected chi connectivity index (χ1v) is 9.23. The summed E-state index contributed by atoms with van der Waals surface area (Å²) in [5, 5.41) is 0. The van der Waals surface area contributed by atoms with E-state index in [1.807, 2.05) is 0 Å². The van der Waals surface area contributed by atoms with Crippen LogP contribution in [0.15, 0.2) is 28.7 Å². The molecule has 1 aliphatic heterocycles. The number of benzene rings is 1. The van der Waals surface area contributed by atoms with Crippen LogP contribution in [0.4, 0.5) is 0 Å². The van der Waals surface area contributed by atoms with E-state index >= 15 is 0 Å². The fourth-order valence-electron chi connectivity index (χ4n) is 4.49. The molecule has 1 heterocycles. The van der Waals surface area contributed by atoms with Crippen molar-refractivity contribution in [2.45, 2.75) is 63.6 Å². The number of fused-ring (bicyclic) bond motifs is 1. The van der Waals surface area contributed by atoms with Gasteiger partial charge in [0.25, 0.3) is 0 Å². The van der Waals surface area contributed by atoms with Crippen molar-refractivity contribution in [1.29, 1.82) is 0 Å². The summed E-state index contributed by atoms with van der Waals surface area (Å²) in [7, 11) is 0. The minimum absolute atomic E-state index is 0.157. The molecule has 2 N–H and O–H groups in total. The van der Waals surface area contributed by atoms with Crippen LogP contribution in [-0.4, -0.2) is 23.5 Å². The summed E-state index contributed by atoms with van der Waals surface area (Å²) >= 11 is 3.74. The van der Waals surface area contributed by atoms with Gasteiger partial charge in [-0.15, -0.1) is 0 Å². The first kappa shape index (κ1) is 15.5. The van der Waals surface area contributed by atoms with Gasteiger partial charge in [-0.1, -0.05) is 47.0 Å². The molecule has 0 aromatic heterocycles. The number of hydrogen-bond acceptors (Lipinski definition) is 2. The zero-order chi connectivity index (χ0) is 14.8. The number of piperidine rings is 1. The van der Waals surface area contributed by atoms with Gasteiger partial charge in [0.15, 0.2) is 0 Å². The van der Waals surface area contributed by atoms with Gasteiger partial charge in [-0.3, -0.25) is 4.90 Å². The summed E-state index contributed by atoms with van der Waals surface area (Å²) in [6, 6.07) is 9.85. The summed E-state index contributed by atoms with van der Waals surface area (Å²) in [5.74, 6) is 0.899. The topological polar surface area (TPSA) is 29.3 Å². The highest BCUT2D eigenvalue weighted by molar-refractivity contribution is 9.10. The predicted octanol–water partition coefficient (Wildman–Crippen LogP) is 4.49. The summed E-state index contributed by atoms with van der Waals surface area (Å²) < 4.78 is 1.20. The van der Waals surface area contributed by atoms with E-state index in [9.17, 15) is 0 Å². The van der Waals surface area contributed by atoms with Crippen molar-refractivity contribution in [2.24, 2.45) is 11.7 Å². The molecule has 0 amide bonds. The number of hydrogen-bond donors (Lipinski definition) is 1. The van der Waals surface area contributed by atoms with Crippen LogP contribution in [-0.2, 0) is 0 Å². The molecule has 4 unspecified atom stereocenters. The average Bonchev–Trinajstić information content (AvgIpc) is 2.49. The van der Waals surface area contributed by atoms with Gasteiger partial charge in [-0.05, 0) is 56.7 Å². The van der Waals surface area contributed by atoms with Crippen LogP contribution in [0, 0.1) is 5.92 Å². The third-order valence-electron chi connectivity index (χ3n) is 5.37. The Morgan fingerprint density at radius 3 is 2.62 bits per heavy atom. The molecule has 2 nitrogen and oxygen atoms in total. The molecule has 116 valence electrons. The Morgan fingerprint density at radius 2 is 1.86 bits per heavy atom. The minimum Gasteiger partial charge on any atom is -0.326 e. The van der Waals surface area contributed by atoms with Gasteiger partial charge in [-0.25, -0.2) is 0 Å². The standard InChI is InChI=1S/C18H27BrN2/c1-13(20)18(15-9-3-4-10-16(15)19)21-12-6-8-14-7-2-5-11-17(14)21/h3-4,9-10,13-14,17-18H,2,5-8,11-12,20H2,1H3. The first-order chi connectivity index (χ1) is 10.2. The van der Waals surface area contributed by atoms with Gasteiger partial charge in [0.05, 0.1) is 6.04 Å². The maximum Gasteiger partial charge on any atom is 0.0510 e. The number of halogens is 1. The molecule has 1 saturated heterocycles. The van der Waals surface area contributed by atoms with E-state index in [4.69, 9.17) is 5.73 Å². The molecule has 21 heavy (non-hydrogen) atoms. The molecule has 2 fully saturated rings. The highest BCUT2D eigenvalue weighted by Gasteiger charge is 2.38. The normalized spacial score (nSPS) is 29.7. The van der Waals surface area contributed by atoms with Gasteiger partial charge in [0, 0.05) is 16.6 Å². The van der Waals surface area contributed by atoms with Crippen molar-refractivity contribution in [2.75, 3.05) is 6.54 Å². The van der Waals surface area contributed by atoms with Crippen molar-refractivity contribution in [3.05, 3.63) is 34.3 Å². The minimum atomic E-state index is 0.157. The van der Waals surface area contributed by atoms with Crippen LogP contribution in [0.3, 0.4) is 0 Å². The highest BCUT2D eigenvalue weighted by atomic mass is 79.9. The zero-order valence-electron chi connectivity index (χ0n) is 13.0. The van der Waals surface area contributed by atoms with Crippen LogP contribution in [0.25, 0.3) is 0 Å². The third-order valence-corrected chi connectivity index (χ3v) is 6.09. The number of nitrogens with zero attached hydrogens (tertiary/aromatic N) is 1. The van der Waals surface area contributed by atoms with Gasteiger partial charge < -0.3 is 5.73 Å². The van der Waals surface area contributed by atoms with Crippen LogP contribution in [0.5, 0.6) is 0 Å². The third kappa shape index (κ3) is 3.20. The average molecular weight is 351 g/mol. The molecule has 4 atom stereocenters. The summed E-state index contributed by atoms with van der Waals surface area (Å²) in [5.41, 5.74) is 7.79. The van der Waals surface area contributed by atoms with E-state index in [-0.39, 0.29) is 6.04 Å². The molecule has 1 aliphatic carbocycles. The molecule has 0 radical (unpaired) electrons. The fraction of sp³-hybridized carbons (Fsp3) is 0.667. The van der Waals surface area contributed by atoms with E-state index in [1.54, 1.807) is 0 Å². The van der Waals surface area contributed by atoms with Crippen LogP contribution < -0.4 is 5.73 Å². The molecule has 1 aromatic rings. The number of likely N-dealkylation sites (tertiary alicyclic amines) is 1. The van der Waals surface area contributed by atoms with Crippen LogP contribution in [0.2, 0.25) is 0 Å². The second-order valence-electron chi connectivity index (χ2n) is 6.82. The van der Waals surface area contributed by atoms with Gasteiger partial charge >= 0.3 is 0 Å². The SMILES string of the molecule is CC(N)C(c1ccccc1Br)N1CCCC2CCCCC21. The Balaban J connectivity index is 1.91. The fourth-order valence-corrected chi connectivity index (χ4v) is 5.01. The smallest absolute Gasteiger partial charge is 0.0510 e. The molecule has 1 saturated carbocycles. The summed E-state index contributed by atoms with van der Waals surface area (Å²) in [4.78, 5) is 2.73. The molecule has 2 aliphatic rings. The first-order valence-electron chi connectivity index (χ1n) is 8.44. The van der Waals surface area contributed by atoms with Crippen molar-refractivity contribution >= 4 is 15.9 Å². The maximum absolute atomic E-state index is 6.43. The lowest BCUT2D eigenvalue weighted by Crippen LogP contribution is -2.52. The van der Waals surface area contributed by atoms with E-state index in [0.717, 1.165) is 12.0 Å². The molecule has 3 rings (SSSR count). The zero-order valence-corrected chi connectivity index (χ0v) is 14.6. The van der Waals surface area contributed by atoms with Crippen molar-refractivity contribution in [3.63, 3.8) is 0 Å². The Labute approximate surface area is 137 Å². The molecule has 0 spiro atoms. The highest BCUT2D eigenvalue weighted by Crippen LogP contribution is 2.41. The monoisotopic (exact) mass is 350 g/mol. The second kappa shape index (κ2) is 6.80. The van der Waals surface area contributed by atoms with Crippen molar-refractivity contribution in [3.8, 4) is 0 Å². The number of rotatable bonds is 3. The Morgan fingerprint density at radius 1 is 1.14 bits per heavy atom. The van der Waals surface area contributed by atoms with E-state index in [0.29, 0.717) is 6.04 Å². The molecule has 0 bridgehead atoms. The van der Waals surface area contributed by atoms with E-state index in [1.165, 1.54) is 55.1 Å². The Bertz CT molecular complexity index is 472. The summed E-state index contributed by atoms with van der Waals surface area (Å²) in [6.45, 7) is 3.37. The molecule has 1 aromatic carbocycles. The van der Waals surface area contributed by atoms with Crippen molar-refractivity contribution < 1.29 is 0 Å². The second-order valence-corrected chi connectivity index (χ2v) is 7.67. The van der Waals surface area contributed by atoms with Crippen molar-refractivity contribution in [1.82, 2.24) is 4.90 Å². The lowest BCUT2D eigenvalue weighted by atomic mass is 9.77. The van der Waals surface area contributed by atoms with Gasteiger partial charge in [-0.2, -0.15) is 0 Å². The largest absolute Gasteiger partial charge is 0.326 e. The van der Waals surface area contributed by atoms with Crippen LogP contribution in [0.1, 0.15) is 57.1 Å². The maximum atomic E-state index is 6.43. The van der Waals surface area contributed by atoms with Gasteiger partial charge in [0.1, 0.15) is 0 Å². The molecular weight excluding hydrogens is 324 g/mol. The van der Waals surface area contributed by atoms with Gasteiger partial charge in [0.2, 0.25) is 0 Å². The Kier molecular flexibility index (Phi) is 5.03. The van der Waals surface area contributed by atoms with E-state index < -0.39 is 0 Å². The van der Waals surface area contributed by atoms with Crippen LogP contribution >= 0.6 is 15.9 Å². The lowest BCUT2D eigenvalue weighted by Gasteiger charge is -2.49. The predicted molar refractivity (Wildman–Crippen MR) is 92.2 cm³/mol. The van der Waals surface area contributed by atoms with E-state index in [2.05, 4.69) is 52.0 Å². The number of nitrogens with two attached hydrogens (primary N) is 1. The molecular formula is C18H27BrN2. The lowest BCUT2D eigenvalue weighted by molar-refractivity contribution is 0.0176. The quantitative estimate of drug-likeness (QED) is 0.869. The summed E-state index contributed by atoms with van der Waals surface area (Å²) in [6.07, 6.45) is 8.34. The Hall–Kier alpha value is -0.380.